The van der Waals surface area contributed by atoms with Crippen molar-refractivity contribution < 1.29 is 4.42 Å². The quantitative estimate of drug-likeness (QED) is 0.178. The summed E-state index contributed by atoms with van der Waals surface area (Å²) in [6.45, 7) is 2.37. The Hall–Kier alpha value is -6.42. The summed E-state index contributed by atoms with van der Waals surface area (Å²) < 4.78 is 9.45. The van der Waals surface area contributed by atoms with Crippen molar-refractivity contribution in [1.29, 1.82) is 0 Å². The van der Waals surface area contributed by atoms with E-state index in [-0.39, 0.29) is 5.41 Å². The maximum Gasteiger partial charge on any atom is 0.159 e. The van der Waals surface area contributed by atoms with Crippen LogP contribution in [0.5, 0.6) is 0 Å². The molecule has 1 aliphatic carbocycles. The van der Waals surface area contributed by atoms with Crippen LogP contribution in [0.25, 0.3) is 64.4 Å². The Morgan fingerprint density at radius 3 is 1.91 bits per heavy atom. The fourth-order valence-electron chi connectivity index (χ4n) is 8.75. The average Bonchev–Trinajstić information content (AvgIpc) is 3.87. The number of thiophene rings is 1. The highest BCUT2D eigenvalue weighted by Crippen LogP contribution is 2.53. The van der Waals surface area contributed by atoms with E-state index in [1.807, 2.05) is 11.3 Å². The Balaban J connectivity index is 1.10. The maximum atomic E-state index is 6.89. The van der Waals surface area contributed by atoms with Gasteiger partial charge in [-0.2, -0.15) is 0 Å². The zero-order chi connectivity index (χ0) is 35.1. The van der Waals surface area contributed by atoms with Crippen LogP contribution in [0.1, 0.15) is 23.6 Å². The smallest absolute Gasteiger partial charge is 0.159 e. The van der Waals surface area contributed by atoms with Gasteiger partial charge in [0, 0.05) is 47.7 Å². The van der Waals surface area contributed by atoms with Crippen LogP contribution in [0, 0.1) is 0 Å². The molecule has 0 saturated heterocycles. The molecule has 0 spiro atoms. The molecule has 2 heterocycles. The average molecular weight is 696 g/mol. The largest absolute Gasteiger partial charge is 0.454 e. The minimum absolute atomic E-state index is 0.283. The summed E-state index contributed by atoms with van der Waals surface area (Å²) in [5.74, 6) is 0. The third kappa shape index (κ3) is 4.51. The minimum atomic E-state index is -0.283. The lowest BCUT2D eigenvalue weighted by molar-refractivity contribution is 0.667. The van der Waals surface area contributed by atoms with Gasteiger partial charge in [-0.15, -0.1) is 11.3 Å². The van der Waals surface area contributed by atoms with E-state index in [2.05, 4.69) is 194 Å². The Kier molecular flexibility index (Phi) is 6.58. The van der Waals surface area contributed by atoms with Gasteiger partial charge in [0.25, 0.3) is 0 Å². The lowest BCUT2D eigenvalue weighted by Gasteiger charge is -2.28. The second kappa shape index (κ2) is 11.5. The molecule has 0 bridgehead atoms. The van der Waals surface area contributed by atoms with Crippen LogP contribution in [-0.2, 0) is 5.41 Å². The minimum Gasteiger partial charge on any atom is -0.454 e. The molecule has 53 heavy (non-hydrogen) atoms. The number of rotatable bonds is 5. The SMILES string of the molecule is CC1(c2ccc3oc4c(N(c5ccc(-c6ccccc6)cc5)c5ccc6c(c5)sc5ccccc56)cccc4c3c2)c2ccccc2-c2ccccc21. The highest BCUT2D eigenvalue weighted by molar-refractivity contribution is 7.25. The second-order valence-corrected chi connectivity index (χ2v) is 15.3. The maximum absolute atomic E-state index is 6.89. The zero-order valence-electron chi connectivity index (χ0n) is 29.1. The fraction of sp³-hybridized carbons (Fsp3) is 0.0400. The Bertz CT molecular complexity index is 2980. The number of furan rings is 1. The van der Waals surface area contributed by atoms with Gasteiger partial charge in [-0.3, -0.25) is 0 Å². The van der Waals surface area contributed by atoms with Gasteiger partial charge in [0.05, 0.1) is 5.69 Å². The Morgan fingerprint density at radius 1 is 0.472 bits per heavy atom. The molecule has 250 valence electrons. The molecule has 11 rings (SSSR count). The molecule has 2 aromatic heterocycles. The lowest BCUT2D eigenvalue weighted by Crippen LogP contribution is -2.22. The molecular formula is C50H33NOS. The lowest BCUT2D eigenvalue weighted by atomic mass is 9.74. The molecule has 1 aliphatic rings. The number of hydrogen-bond acceptors (Lipinski definition) is 3. The van der Waals surface area contributed by atoms with E-state index in [9.17, 15) is 0 Å². The monoisotopic (exact) mass is 695 g/mol. The summed E-state index contributed by atoms with van der Waals surface area (Å²) in [4.78, 5) is 2.36. The van der Waals surface area contributed by atoms with Crippen LogP contribution >= 0.6 is 11.3 Å². The normalized spacial score (nSPS) is 13.2. The van der Waals surface area contributed by atoms with Crippen molar-refractivity contribution in [3.63, 3.8) is 0 Å². The van der Waals surface area contributed by atoms with Gasteiger partial charge in [-0.05, 0) is 94.4 Å². The van der Waals surface area contributed by atoms with Gasteiger partial charge in [-0.1, -0.05) is 133 Å². The third-order valence-electron chi connectivity index (χ3n) is 11.4. The first-order valence-electron chi connectivity index (χ1n) is 18.2. The molecule has 3 heteroatoms. The summed E-state index contributed by atoms with van der Waals surface area (Å²) in [5, 5.41) is 4.82. The van der Waals surface area contributed by atoms with Crippen LogP contribution in [0.3, 0.4) is 0 Å². The third-order valence-corrected chi connectivity index (χ3v) is 12.5. The number of nitrogens with zero attached hydrogens (tertiary/aromatic N) is 1. The van der Waals surface area contributed by atoms with Gasteiger partial charge in [0.1, 0.15) is 5.58 Å². The standard InChI is InChI=1S/C50H33NOS/c1-50(43-18-8-5-14-37(43)38-15-6-9-19-44(38)50)34-24-29-46-42(30-34)41-17-11-20-45(49(41)52-46)51(35-25-22-33(23-26-35)32-12-3-2-4-13-32)36-27-28-40-39-16-7-10-21-47(39)53-48(40)31-36/h2-31H,1H3. The zero-order valence-corrected chi connectivity index (χ0v) is 29.9. The van der Waals surface area contributed by atoms with Crippen LogP contribution in [0.4, 0.5) is 17.1 Å². The van der Waals surface area contributed by atoms with Crippen molar-refractivity contribution in [3.8, 4) is 22.3 Å². The molecule has 8 aromatic carbocycles. The van der Waals surface area contributed by atoms with Gasteiger partial charge in [-0.25, -0.2) is 0 Å². The van der Waals surface area contributed by atoms with E-state index in [4.69, 9.17) is 4.42 Å². The number of hydrogen-bond donors (Lipinski definition) is 0. The van der Waals surface area contributed by atoms with Crippen LogP contribution in [0.2, 0.25) is 0 Å². The van der Waals surface area contributed by atoms with E-state index < -0.39 is 0 Å². The molecular weight excluding hydrogens is 663 g/mol. The molecule has 0 unspecified atom stereocenters. The van der Waals surface area contributed by atoms with Crippen molar-refractivity contribution >= 4 is 70.5 Å². The van der Waals surface area contributed by atoms with Gasteiger partial charge in [0.15, 0.2) is 5.58 Å². The van der Waals surface area contributed by atoms with E-state index in [0.29, 0.717) is 0 Å². The summed E-state index contributed by atoms with van der Waals surface area (Å²) in [6, 6.07) is 66.1. The molecule has 0 saturated carbocycles. The van der Waals surface area contributed by atoms with Crippen molar-refractivity contribution in [2.24, 2.45) is 0 Å². The van der Waals surface area contributed by atoms with E-state index >= 15 is 0 Å². The van der Waals surface area contributed by atoms with Crippen LogP contribution in [-0.4, -0.2) is 0 Å². The number of para-hydroxylation sites is 1. The fourth-order valence-corrected chi connectivity index (χ4v) is 9.89. The molecule has 0 aliphatic heterocycles. The van der Waals surface area contributed by atoms with Crippen molar-refractivity contribution in [2.75, 3.05) is 4.90 Å². The first kappa shape index (κ1) is 30.2. The van der Waals surface area contributed by atoms with Crippen LogP contribution < -0.4 is 4.90 Å². The molecule has 0 fully saturated rings. The molecule has 0 radical (unpaired) electrons. The van der Waals surface area contributed by atoms with Crippen molar-refractivity contribution in [2.45, 2.75) is 12.3 Å². The van der Waals surface area contributed by atoms with E-state index in [1.54, 1.807) is 0 Å². The summed E-state index contributed by atoms with van der Waals surface area (Å²) in [6.07, 6.45) is 0. The highest BCUT2D eigenvalue weighted by Gasteiger charge is 2.40. The topological polar surface area (TPSA) is 16.4 Å². The molecule has 2 nitrogen and oxygen atoms in total. The first-order valence-corrected chi connectivity index (χ1v) is 19.0. The molecule has 0 amide bonds. The molecule has 0 atom stereocenters. The summed E-state index contributed by atoms with van der Waals surface area (Å²) in [5.41, 5.74) is 13.6. The highest BCUT2D eigenvalue weighted by atomic mass is 32.1. The van der Waals surface area contributed by atoms with Crippen molar-refractivity contribution in [3.05, 3.63) is 199 Å². The summed E-state index contributed by atoms with van der Waals surface area (Å²) >= 11 is 1.84. The number of fused-ring (bicyclic) bond motifs is 9. The predicted octanol–water partition coefficient (Wildman–Crippen LogP) is 14.4. The van der Waals surface area contributed by atoms with E-state index in [0.717, 1.165) is 39.0 Å². The van der Waals surface area contributed by atoms with Gasteiger partial charge in [0.2, 0.25) is 0 Å². The number of anilines is 3. The number of benzene rings is 8. The van der Waals surface area contributed by atoms with Crippen molar-refractivity contribution in [1.82, 2.24) is 0 Å². The molecule has 0 N–H and O–H groups in total. The Morgan fingerprint density at radius 2 is 1.11 bits per heavy atom. The summed E-state index contributed by atoms with van der Waals surface area (Å²) in [7, 11) is 0. The van der Waals surface area contributed by atoms with Gasteiger partial charge < -0.3 is 9.32 Å². The van der Waals surface area contributed by atoms with Crippen LogP contribution in [0.15, 0.2) is 186 Å². The van der Waals surface area contributed by atoms with E-state index in [1.165, 1.54) is 59.1 Å². The first-order chi connectivity index (χ1) is 26.1. The van der Waals surface area contributed by atoms with Gasteiger partial charge >= 0.3 is 0 Å². The predicted molar refractivity (Wildman–Crippen MR) is 224 cm³/mol. The second-order valence-electron chi connectivity index (χ2n) is 14.2. The Labute approximate surface area is 311 Å². The molecule has 10 aromatic rings.